The molecule has 2 heterocycles. The SMILES string of the molecule is CCc1ccc(Nc2ncc3cnn([C@H]4CCc5ccccc54)c3n2)cc1. The van der Waals surface area contributed by atoms with Crippen LogP contribution in [0.1, 0.15) is 36.1 Å². The summed E-state index contributed by atoms with van der Waals surface area (Å²) in [6.45, 7) is 2.15. The van der Waals surface area contributed by atoms with Crippen molar-refractivity contribution in [2.45, 2.75) is 32.2 Å². The van der Waals surface area contributed by atoms with Crippen LogP contribution in [0.5, 0.6) is 0 Å². The van der Waals surface area contributed by atoms with E-state index in [9.17, 15) is 0 Å². The lowest BCUT2D eigenvalue weighted by atomic mass is 10.1. The Kier molecular flexibility index (Phi) is 3.85. The first-order chi connectivity index (χ1) is 13.3. The Hall–Kier alpha value is -3.21. The van der Waals surface area contributed by atoms with Gasteiger partial charge >= 0.3 is 0 Å². The highest BCUT2D eigenvalue weighted by Crippen LogP contribution is 2.35. The van der Waals surface area contributed by atoms with Crippen LogP contribution in [0.15, 0.2) is 60.9 Å². The summed E-state index contributed by atoms with van der Waals surface area (Å²) in [4.78, 5) is 9.22. The summed E-state index contributed by atoms with van der Waals surface area (Å²) in [7, 11) is 0. The second-order valence-corrected chi connectivity index (χ2v) is 6.99. The molecule has 1 aliphatic carbocycles. The van der Waals surface area contributed by atoms with E-state index in [2.05, 4.69) is 70.9 Å². The Balaban J connectivity index is 1.49. The van der Waals surface area contributed by atoms with Crippen LogP contribution >= 0.6 is 0 Å². The average Bonchev–Trinajstić information content (AvgIpc) is 3.32. The van der Waals surface area contributed by atoms with Crippen LogP contribution in [0.25, 0.3) is 11.0 Å². The van der Waals surface area contributed by atoms with Gasteiger partial charge < -0.3 is 5.32 Å². The topological polar surface area (TPSA) is 55.6 Å². The number of hydrogen-bond acceptors (Lipinski definition) is 4. The van der Waals surface area contributed by atoms with Crippen LogP contribution in [0.2, 0.25) is 0 Å². The number of nitrogens with zero attached hydrogens (tertiary/aromatic N) is 4. The number of benzene rings is 2. The van der Waals surface area contributed by atoms with E-state index in [1.54, 1.807) is 0 Å². The minimum Gasteiger partial charge on any atom is -0.324 e. The monoisotopic (exact) mass is 355 g/mol. The van der Waals surface area contributed by atoms with E-state index >= 15 is 0 Å². The van der Waals surface area contributed by atoms with Gasteiger partial charge in [0, 0.05) is 11.9 Å². The molecule has 2 aromatic heterocycles. The number of fused-ring (bicyclic) bond motifs is 2. The van der Waals surface area contributed by atoms with Gasteiger partial charge in [-0.2, -0.15) is 10.1 Å². The molecule has 0 spiro atoms. The van der Waals surface area contributed by atoms with Gasteiger partial charge in [0.1, 0.15) is 0 Å². The van der Waals surface area contributed by atoms with Crippen LogP contribution in [0.4, 0.5) is 11.6 Å². The van der Waals surface area contributed by atoms with Crippen LogP contribution < -0.4 is 5.32 Å². The van der Waals surface area contributed by atoms with Crippen molar-refractivity contribution in [1.29, 1.82) is 0 Å². The summed E-state index contributed by atoms with van der Waals surface area (Å²) in [6.07, 6.45) is 6.87. The molecular weight excluding hydrogens is 334 g/mol. The Bertz CT molecular complexity index is 1100. The van der Waals surface area contributed by atoms with Crippen molar-refractivity contribution in [3.8, 4) is 0 Å². The van der Waals surface area contributed by atoms with Gasteiger partial charge in [-0.15, -0.1) is 0 Å². The van der Waals surface area contributed by atoms with Crippen molar-refractivity contribution in [3.05, 3.63) is 77.6 Å². The molecule has 134 valence electrons. The fourth-order valence-electron chi connectivity index (χ4n) is 3.87. The van der Waals surface area contributed by atoms with E-state index in [1.165, 1.54) is 16.7 Å². The van der Waals surface area contributed by atoms with Crippen LogP contribution in [-0.2, 0) is 12.8 Å². The smallest absolute Gasteiger partial charge is 0.229 e. The Morgan fingerprint density at radius 2 is 1.93 bits per heavy atom. The van der Waals surface area contributed by atoms with E-state index in [0.29, 0.717) is 5.95 Å². The lowest BCUT2D eigenvalue weighted by Crippen LogP contribution is -2.10. The number of nitrogens with one attached hydrogen (secondary N) is 1. The van der Waals surface area contributed by atoms with Crippen LogP contribution in [0.3, 0.4) is 0 Å². The Labute approximate surface area is 158 Å². The van der Waals surface area contributed by atoms with E-state index in [4.69, 9.17) is 4.98 Å². The third-order valence-corrected chi connectivity index (χ3v) is 5.35. The van der Waals surface area contributed by atoms with Gasteiger partial charge in [0.25, 0.3) is 0 Å². The van der Waals surface area contributed by atoms with E-state index in [0.717, 1.165) is 36.0 Å². The summed E-state index contributed by atoms with van der Waals surface area (Å²) in [5, 5.41) is 8.91. The summed E-state index contributed by atoms with van der Waals surface area (Å²) >= 11 is 0. The summed E-state index contributed by atoms with van der Waals surface area (Å²) < 4.78 is 2.05. The van der Waals surface area contributed by atoms with Crippen molar-refractivity contribution in [2.24, 2.45) is 0 Å². The van der Waals surface area contributed by atoms with E-state index in [1.807, 2.05) is 17.1 Å². The third-order valence-electron chi connectivity index (χ3n) is 5.35. The molecule has 0 bridgehead atoms. The molecule has 5 nitrogen and oxygen atoms in total. The molecule has 27 heavy (non-hydrogen) atoms. The zero-order valence-corrected chi connectivity index (χ0v) is 15.3. The first kappa shape index (κ1) is 16.0. The lowest BCUT2D eigenvalue weighted by molar-refractivity contribution is 0.533. The Morgan fingerprint density at radius 1 is 1.07 bits per heavy atom. The van der Waals surface area contributed by atoms with Gasteiger partial charge in [0.2, 0.25) is 5.95 Å². The Morgan fingerprint density at radius 3 is 2.78 bits per heavy atom. The molecular formula is C22H21N5. The molecule has 0 saturated carbocycles. The zero-order chi connectivity index (χ0) is 18.2. The maximum Gasteiger partial charge on any atom is 0.229 e. The molecule has 0 saturated heterocycles. The van der Waals surface area contributed by atoms with Crippen molar-refractivity contribution in [3.63, 3.8) is 0 Å². The number of rotatable bonds is 4. The molecule has 1 atom stereocenters. The lowest BCUT2D eigenvalue weighted by Gasteiger charge is -2.13. The van der Waals surface area contributed by atoms with Crippen LogP contribution in [-0.4, -0.2) is 19.7 Å². The number of anilines is 2. The second kappa shape index (κ2) is 6.50. The van der Waals surface area contributed by atoms with Gasteiger partial charge in [0.05, 0.1) is 17.6 Å². The normalized spacial score (nSPS) is 15.8. The quantitative estimate of drug-likeness (QED) is 0.578. The molecule has 0 amide bonds. The summed E-state index contributed by atoms with van der Waals surface area (Å²) in [5.74, 6) is 0.597. The van der Waals surface area contributed by atoms with Gasteiger partial charge in [0.15, 0.2) is 5.65 Å². The van der Waals surface area contributed by atoms with Crippen LogP contribution in [0, 0.1) is 0 Å². The van der Waals surface area contributed by atoms with Gasteiger partial charge in [-0.1, -0.05) is 43.3 Å². The molecule has 4 aromatic rings. The maximum absolute atomic E-state index is 4.77. The minimum atomic E-state index is 0.241. The zero-order valence-electron chi connectivity index (χ0n) is 15.3. The molecule has 1 aliphatic rings. The molecule has 0 fully saturated rings. The first-order valence-corrected chi connectivity index (χ1v) is 9.46. The van der Waals surface area contributed by atoms with Gasteiger partial charge in [-0.25, -0.2) is 9.67 Å². The predicted molar refractivity (Wildman–Crippen MR) is 107 cm³/mol. The maximum atomic E-state index is 4.77. The third kappa shape index (κ3) is 2.85. The minimum absolute atomic E-state index is 0.241. The molecule has 0 radical (unpaired) electrons. The molecule has 5 heteroatoms. The molecule has 0 aliphatic heterocycles. The van der Waals surface area contributed by atoms with Gasteiger partial charge in [-0.05, 0) is 48.1 Å². The fraction of sp³-hybridized carbons (Fsp3) is 0.227. The number of aryl methyl sites for hydroxylation is 2. The summed E-state index contributed by atoms with van der Waals surface area (Å²) in [5.41, 5.74) is 5.94. The molecule has 1 N–H and O–H groups in total. The molecule has 0 unspecified atom stereocenters. The van der Waals surface area contributed by atoms with Gasteiger partial charge in [-0.3, -0.25) is 0 Å². The highest BCUT2D eigenvalue weighted by Gasteiger charge is 2.25. The van der Waals surface area contributed by atoms with E-state index < -0.39 is 0 Å². The largest absolute Gasteiger partial charge is 0.324 e. The van der Waals surface area contributed by atoms with E-state index in [-0.39, 0.29) is 6.04 Å². The average molecular weight is 355 g/mol. The highest BCUT2D eigenvalue weighted by atomic mass is 15.3. The standard InChI is InChI=1S/C22H21N5/c1-2-15-7-10-18(11-8-15)25-22-23-13-17-14-24-27(21(17)26-22)20-12-9-16-5-3-4-6-19(16)20/h3-8,10-11,13-14,20H,2,9,12H2,1H3,(H,23,25,26)/t20-/m0/s1. The number of hydrogen-bond donors (Lipinski definition) is 1. The van der Waals surface area contributed by atoms with Crippen molar-refractivity contribution >= 4 is 22.7 Å². The second-order valence-electron chi connectivity index (χ2n) is 6.99. The number of aromatic nitrogens is 4. The molecule has 2 aromatic carbocycles. The van der Waals surface area contributed by atoms with Crippen molar-refractivity contribution in [1.82, 2.24) is 19.7 Å². The summed E-state index contributed by atoms with van der Waals surface area (Å²) in [6, 6.07) is 17.3. The predicted octanol–water partition coefficient (Wildman–Crippen LogP) is 4.67. The molecule has 5 rings (SSSR count). The highest BCUT2D eigenvalue weighted by molar-refractivity contribution is 5.75. The van der Waals surface area contributed by atoms with Crippen molar-refractivity contribution in [2.75, 3.05) is 5.32 Å². The fourth-order valence-corrected chi connectivity index (χ4v) is 3.87. The first-order valence-electron chi connectivity index (χ1n) is 9.46. The van der Waals surface area contributed by atoms with Crippen molar-refractivity contribution < 1.29 is 0 Å².